The maximum atomic E-state index is 13.6. The highest BCUT2D eigenvalue weighted by molar-refractivity contribution is 5.85. The summed E-state index contributed by atoms with van der Waals surface area (Å²) in [4.78, 5) is 2.18. The second-order valence-electron chi connectivity index (χ2n) is 5.35. The predicted molar refractivity (Wildman–Crippen MR) is 70.1 cm³/mol. The van der Waals surface area contributed by atoms with Crippen molar-refractivity contribution in [2.45, 2.75) is 25.3 Å². The van der Waals surface area contributed by atoms with Gasteiger partial charge in [-0.3, -0.25) is 4.90 Å². The third-order valence-electron chi connectivity index (χ3n) is 4.16. The average molecular weight is 274 g/mol. The molecule has 2 aliphatic rings. The lowest BCUT2D eigenvalue weighted by atomic mass is 9.99. The number of nitrogens with zero attached hydrogens (tertiary/aromatic N) is 1. The number of likely N-dealkylation sites (tertiary alicyclic amines) is 1. The first kappa shape index (κ1) is 13.8. The molecule has 1 saturated carbocycles. The fourth-order valence-corrected chi connectivity index (χ4v) is 3.27. The highest BCUT2D eigenvalue weighted by Crippen LogP contribution is 2.48. The van der Waals surface area contributed by atoms with Gasteiger partial charge in [0.2, 0.25) is 0 Å². The van der Waals surface area contributed by atoms with E-state index < -0.39 is 11.8 Å². The van der Waals surface area contributed by atoms with Crippen LogP contribution in [0.1, 0.15) is 18.4 Å². The fourth-order valence-electron chi connectivity index (χ4n) is 3.27. The monoisotopic (exact) mass is 273 g/mol. The molecule has 4 heteroatoms. The van der Waals surface area contributed by atoms with E-state index >= 15 is 0 Å². The van der Waals surface area contributed by atoms with E-state index in [0.29, 0.717) is 13.0 Å². The van der Waals surface area contributed by atoms with E-state index in [1.807, 2.05) is 18.2 Å². The summed E-state index contributed by atoms with van der Waals surface area (Å²) in [5.74, 6) is -2.60. The van der Waals surface area contributed by atoms with Gasteiger partial charge in [0.25, 0.3) is 5.92 Å². The fraction of sp³-hybridized carbons (Fsp3) is 0.571. The average Bonchev–Trinajstić information content (AvgIpc) is 2.82. The summed E-state index contributed by atoms with van der Waals surface area (Å²) in [7, 11) is 0. The summed E-state index contributed by atoms with van der Waals surface area (Å²) < 4.78 is 27.2. The summed E-state index contributed by atoms with van der Waals surface area (Å²) in [5, 5.41) is 0. The third kappa shape index (κ3) is 2.52. The van der Waals surface area contributed by atoms with Crippen molar-refractivity contribution in [2.24, 2.45) is 11.8 Å². The summed E-state index contributed by atoms with van der Waals surface area (Å²) in [6.45, 7) is 2.21. The van der Waals surface area contributed by atoms with Crippen molar-refractivity contribution in [2.75, 3.05) is 13.1 Å². The number of alkyl halides is 2. The maximum absolute atomic E-state index is 13.6. The molecule has 1 aromatic carbocycles. The zero-order valence-electron chi connectivity index (χ0n) is 10.2. The van der Waals surface area contributed by atoms with Crippen LogP contribution in [0, 0.1) is 11.8 Å². The van der Waals surface area contributed by atoms with Gasteiger partial charge >= 0.3 is 0 Å². The molecule has 18 heavy (non-hydrogen) atoms. The Labute approximate surface area is 113 Å². The highest BCUT2D eigenvalue weighted by atomic mass is 35.5. The van der Waals surface area contributed by atoms with E-state index in [1.54, 1.807) is 0 Å². The minimum atomic E-state index is -2.42. The Morgan fingerprint density at radius 3 is 2.56 bits per heavy atom. The highest BCUT2D eigenvalue weighted by Gasteiger charge is 2.53. The largest absolute Gasteiger partial charge is 0.298 e. The molecule has 1 aromatic rings. The van der Waals surface area contributed by atoms with Crippen molar-refractivity contribution in [3.8, 4) is 0 Å². The van der Waals surface area contributed by atoms with Gasteiger partial charge in [-0.25, -0.2) is 8.78 Å². The van der Waals surface area contributed by atoms with E-state index in [0.717, 1.165) is 13.1 Å². The Kier molecular flexibility index (Phi) is 3.93. The van der Waals surface area contributed by atoms with Crippen molar-refractivity contribution in [1.29, 1.82) is 0 Å². The summed E-state index contributed by atoms with van der Waals surface area (Å²) in [6, 6.07) is 10.1. The van der Waals surface area contributed by atoms with Gasteiger partial charge in [-0.15, -0.1) is 12.4 Å². The number of halogens is 3. The van der Waals surface area contributed by atoms with Gasteiger partial charge in [0.15, 0.2) is 0 Å². The van der Waals surface area contributed by atoms with Crippen LogP contribution < -0.4 is 0 Å². The van der Waals surface area contributed by atoms with Crippen LogP contribution in [-0.4, -0.2) is 23.9 Å². The maximum Gasteiger partial charge on any atom is 0.252 e. The standard InChI is InChI=1S/C14H17F2N.ClH/c15-14(16)7-6-12-9-17(10-13(12)14)8-11-4-2-1-3-5-11;/h1-5,12-13H,6-10H2;1H. The number of hydrogen-bond donors (Lipinski definition) is 0. The smallest absolute Gasteiger partial charge is 0.252 e. The minimum absolute atomic E-state index is 0. The molecule has 0 bridgehead atoms. The Hall–Kier alpha value is -0.670. The molecule has 1 nitrogen and oxygen atoms in total. The molecule has 0 N–H and O–H groups in total. The molecule has 1 aliphatic carbocycles. The normalized spacial score (nSPS) is 29.9. The van der Waals surface area contributed by atoms with E-state index in [2.05, 4.69) is 17.0 Å². The number of benzene rings is 1. The van der Waals surface area contributed by atoms with Crippen molar-refractivity contribution in [3.05, 3.63) is 35.9 Å². The first-order valence-electron chi connectivity index (χ1n) is 6.29. The van der Waals surface area contributed by atoms with Crippen LogP contribution in [0.25, 0.3) is 0 Å². The number of rotatable bonds is 2. The number of fused-ring (bicyclic) bond motifs is 1. The third-order valence-corrected chi connectivity index (χ3v) is 4.16. The van der Waals surface area contributed by atoms with Crippen molar-refractivity contribution in [1.82, 2.24) is 4.90 Å². The Morgan fingerprint density at radius 1 is 1.17 bits per heavy atom. The molecule has 1 saturated heterocycles. The SMILES string of the molecule is Cl.FC1(F)CCC2CN(Cc3ccccc3)CC21. The van der Waals surface area contributed by atoms with Crippen LogP contribution in [-0.2, 0) is 6.54 Å². The zero-order chi connectivity index (χ0) is 11.9. The first-order chi connectivity index (χ1) is 8.15. The van der Waals surface area contributed by atoms with Gasteiger partial charge in [0.05, 0.1) is 0 Å². The Bertz CT molecular complexity index is 396. The molecule has 3 rings (SSSR count). The first-order valence-corrected chi connectivity index (χ1v) is 6.29. The number of hydrogen-bond acceptors (Lipinski definition) is 1. The molecule has 0 radical (unpaired) electrons. The lowest BCUT2D eigenvalue weighted by Crippen LogP contribution is -2.28. The van der Waals surface area contributed by atoms with Gasteiger partial charge in [-0.1, -0.05) is 30.3 Å². The van der Waals surface area contributed by atoms with Crippen LogP contribution in [0.5, 0.6) is 0 Å². The quantitative estimate of drug-likeness (QED) is 0.796. The van der Waals surface area contributed by atoms with E-state index in [4.69, 9.17) is 0 Å². The van der Waals surface area contributed by atoms with Crippen LogP contribution >= 0.6 is 12.4 Å². The molecule has 0 amide bonds. The second kappa shape index (κ2) is 5.14. The van der Waals surface area contributed by atoms with Gasteiger partial charge in [-0.05, 0) is 17.9 Å². The Morgan fingerprint density at radius 2 is 1.89 bits per heavy atom. The molecule has 2 unspecified atom stereocenters. The van der Waals surface area contributed by atoms with Gasteiger partial charge in [0.1, 0.15) is 0 Å². The topological polar surface area (TPSA) is 3.24 Å². The minimum Gasteiger partial charge on any atom is -0.298 e. The molecule has 100 valence electrons. The van der Waals surface area contributed by atoms with Crippen LogP contribution in [0.3, 0.4) is 0 Å². The van der Waals surface area contributed by atoms with Crippen LogP contribution in [0.2, 0.25) is 0 Å². The lowest BCUT2D eigenvalue weighted by Gasteiger charge is -2.20. The molecule has 0 spiro atoms. The van der Waals surface area contributed by atoms with Gasteiger partial charge < -0.3 is 0 Å². The second-order valence-corrected chi connectivity index (χ2v) is 5.35. The van der Waals surface area contributed by atoms with Gasteiger partial charge in [-0.2, -0.15) is 0 Å². The molecule has 2 atom stereocenters. The van der Waals surface area contributed by atoms with Crippen molar-refractivity contribution in [3.63, 3.8) is 0 Å². The van der Waals surface area contributed by atoms with E-state index in [-0.39, 0.29) is 24.7 Å². The summed E-state index contributed by atoms with van der Waals surface area (Å²) in [5.41, 5.74) is 1.22. The van der Waals surface area contributed by atoms with E-state index in [1.165, 1.54) is 5.56 Å². The van der Waals surface area contributed by atoms with Crippen LogP contribution in [0.4, 0.5) is 8.78 Å². The molecule has 2 fully saturated rings. The molecular weight excluding hydrogens is 256 g/mol. The molecule has 1 aliphatic heterocycles. The lowest BCUT2D eigenvalue weighted by molar-refractivity contribution is -0.0400. The summed E-state index contributed by atoms with van der Waals surface area (Å²) >= 11 is 0. The predicted octanol–water partition coefficient (Wildman–Crippen LogP) is 3.59. The van der Waals surface area contributed by atoms with Crippen molar-refractivity contribution < 1.29 is 8.78 Å². The Balaban J connectivity index is 0.00000120. The molecule has 0 aromatic heterocycles. The van der Waals surface area contributed by atoms with Crippen LogP contribution in [0.15, 0.2) is 30.3 Å². The molecular formula is C14H18ClF2N. The van der Waals surface area contributed by atoms with Gasteiger partial charge in [0, 0.05) is 32.0 Å². The van der Waals surface area contributed by atoms with Crippen molar-refractivity contribution >= 4 is 12.4 Å². The summed E-state index contributed by atoms with van der Waals surface area (Å²) in [6.07, 6.45) is 0.796. The molecule has 1 heterocycles. The zero-order valence-corrected chi connectivity index (χ0v) is 11.0. The van der Waals surface area contributed by atoms with E-state index in [9.17, 15) is 8.78 Å².